The Morgan fingerprint density at radius 2 is 1.88 bits per heavy atom. The average molecular weight is 375 g/mol. The van der Waals surface area contributed by atoms with Crippen LogP contribution in [0.1, 0.15) is 5.56 Å². The van der Waals surface area contributed by atoms with Crippen molar-refractivity contribution in [3.05, 3.63) is 48.2 Å². The van der Waals surface area contributed by atoms with Gasteiger partial charge in [0.25, 0.3) is 0 Å². The average Bonchev–Trinajstić information content (AvgIpc) is 3.23. The first-order valence-electron chi connectivity index (χ1n) is 7.61. The molecular formula is C17H14NO7P. The molecule has 2 N–H and O–H groups in total. The molecule has 1 aliphatic heterocycles. The topological polar surface area (TPSA) is 111 Å². The minimum absolute atomic E-state index is 0.0685. The lowest BCUT2D eigenvalue weighted by Crippen LogP contribution is -1.93. The summed E-state index contributed by atoms with van der Waals surface area (Å²) in [5.74, 6) is 1.44. The Bertz CT molecular complexity index is 1010. The molecule has 2 heterocycles. The molecule has 134 valence electrons. The minimum atomic E-state index is -4.59. The van der Waals surface area contributed by atoms with Gasteiger partial charge in [0.1, 0.15) is 17.7 Å². The first kappa shape index (κ1) is 16.7. The fraction of sp³-hybridized carbons (Fsp3) is 0.118. The van der Waals surface area contributed by atoms with Crippen LogP contribution in [0.15, 0.2) is 47.2 Å². The minimum Gasteiger partial charge on any atom is -0.454 e. The maximum Gasteiger partial charge on any atom is 0.524 e. The van der Waals surface area contributed by atoms with Crippen molar-refractivity contribution in [1.29, 1.82) is 0 Å². The van der Waals surface area contributed by atoms with E-state index >= 15 is 0 Å². The smallest absolute Gasteiger partial charge is 0.454 e. The summed E-state index contributed by atoms with van der Waals surface area (Å²) in [5.41, 5.74) is 3.84. The van der Waals surface area contributed by atoms with Gasteiger partial charge in [0.2, 0.25) is 6.79 Å². The van der Waals surface area contributed by atoms with Crippen molar-refractivity contribution in [2.24, 2.45) is 0 Å². The molecule has 1 aliphatic rings. The second-order valence-corrected chi connectivity index (χ2v) is 6.87. The highest BCUT2D eigenvalue weighted by atomic mass is 31.2. The van der Waals surface area contributed by atoms with Crippen LogP contribution in [0, 0.1) is 6.92 Å². The molecule has 9 heteroatoms. The van der Waals surface area contributed by atoms with Crippen LogP contribution >= 0.6 is 7.82 Å². The SMILES string of the molecule is Cc1cc(-c2nocc2-c2ccc(OP(=O)(O)O)cc2)cc2c1OCO2. The fourth-order valence-corrected chi connectivity index (χ4v) is 3.20. The molecule has 2 aromatic carbocycles. The van der Waals surface area contributed by atoms with Gasteiger partial charge in [-0.15, -0.1) is 0 Å². The van der Waals surface area contributed by atoms with Crippen molar-refractivity contribution < 1.29 is 32.9 Å². The zero-order valence-electron chi connectivity index (χ0n) is 13.6. The Morgan fingerprint density at radius 1 is 1.12 bits per heavy atom. The van der Waals surface area contributed by atoms with Crippen molar-refractivity contribution in [3.63, 3.8) is 0 Å². The molecule has 0 bridgehead atoms. The van der Waals surface area contributed by atoms with E-state index in [0.717, 1.165) is 28.0 Å². The monoisotopic (exact) mass is 375 g/mol. The molecule has 8 nitrogen and oxygen atoms in total. The molecule has 0 spiro atoms. The van der Waals surface area contributed by atoms with Crippen molar-refractivity contribution in [2.75, 3.05) is 6.79 Å². The maximum atomic E-state index is 10.9. The normalized spacial score (nSPS) is 13.0. The molecule has 0 amide bonds. The zero-order valence-corrected chi connectivity index (χ0v) is 14.5. The quantitative estimate of drug-likeness (QED) is 0.667. The van der Waals surface area contributed by atoms with E-state index in [9.17, 15) is 4.57 Å². The number of fused-ring (bicyclic) bond motifs is 1. The summed E-state index contributed by atoms with van der Waals surface area (Å²) >= 11 is 0. The third-order valence-electron chi connectivity index (χ3n) is 3.89. The molecular weight excluding hydrogens is 361 g/mol. The molecule has 0 fully saturated rings. The van der Waals surface area contributed by atoms with E-state index in [2.05, 4.69) is 9.68 Å². The Hall–Kier alpha value is -2.80. The molecule has 26 heavy (non-hydrogen) atoms. The van der Waals surface area contributed by atoms with Crippen LogP contribution in [0.25, 0.3) is 22.4 Å². The number of nitrogens with zero attached hydrogens (tertiary/aromatic N) is 1. The fourth-order valence-electron chi connectivity index (χ4n) is 2.80. The molecule has 0 unspecified atom stereocenters. The van der Waals surface area contributed by atoms with Gasteiger partial charge < -0.3 is 18.5 Å². The molecule has 1 aromatic heterocycles. The van der Waals surface area contributed by atoms with Crippen LogP contribution < -0.4 is 14.0 Å². The summed E-state index contributed by atoms with van der Waals surface area (Å²) in [6, 6.07) is 10.0. The summed E-state index contributed by atoms with van der Waals surface area (Å²) in [7, 11) is -4.59. The molecule has 0 saturated carbocycles. The van der Waals surface area contributed by atoms with E-state index in [4.69, 9.17) is 23.8 Å². The van der Waals surface area contributed by atoms with Crippen molar-refractivity contribution in [2.45, 2.75) is 6.92 Å². The van der Waals surface area contributed by atoms with Gasteiger partial charge in [-0.25, -0.2) is 4.57 Å². The maximum absolute atomic E-state index is 10.9. The van der Waals surface area contributed by atoms with Gasteiger partial charge in [0.15, 0.2) is 11.5 Å². The summed E-state index contributed by atoms with van der Waals surface area (Å²) in [5, 5.41) is 4.08. The Balaban J connectivity index is 1.70. The van der Waals surface area contributed by atoms with Crippen molar-refractivity contribution >= 4 is 7.82 Å². The number of ether oxygens (including phenoxy) is 2. The predicted octanol–water partition coefficient (Wildman–Crippen LogP) is 3.52. The first-order chi connectivity index (χ1) is 12.4. The third-order valence-corrected chi connectivity index (χ3v) is 4.34. The van der Waals surface area contributed by atoms with Gasteiger partial charge >= 0.3 is 7.82 Å². The third kappa shape index (κ3) is 3.17. The van der Waals surface area contributed by atoms with E-state index in [0.29, 0.717) is 11.4 Å². The van der Waals surface area contributed by atoms with E-state index in [1.54, 1.807) is 12.1 Å². The number of phosphoric ester groups is 1. The van der Waals surface area contributed by atoms with Gasteiger partial charge in [-0.2, -0.15) is 0 Å². The summed E-state index contributed by atoms with van der Waals surface area (Å²) in [6.07, 6.45) is 1.51. The molecule has 0 aliphatic carbocycles. The van der Waals surface area contributed by atoms with E-state index in [-0.39, 0.29) is 12.5 Å². The lowest BCUT2D eigenvalue weighted by Gasteiger charge is -2.08. The highest BCUT2D eigenvalue weighted by Gasteiger charge is 2.21. The lowest BCUT2D eigenvalue weighted by atomic mass is 10.00. The van der Waals surface area contributed by atoms with Crippen molar-refractivity contribution in [3.8, 4) is 39.6 Å². The largest absolute Gasteiger partial charge is 0.524 e. The predicted molar refractivity (Wildman–Crippen MR) is 90.9 cm³/mol. The Kier molecular flexibility index (Phi) is 3.96. The summed E-state index contributed by atoms with van der Waals surface area (Å²) in [4.78, 5) is 17.7. The van der Waals surface area contributed by atoms with Crippen LogP contribution in [-0.2, 0) is 4.57 Å². The number of aromatic nitrogens is 1. The van der Waals surface area contributed by atoms with Crippen molar-refractivity contribution in [1.82, 2.24) is 5.16 Å². The highest BCUT2D eigenvalue weighted by Crippen LogP contribution is 2.42. The van der Waals surface area contributed by atoms with E-state index < -0.39 is 7.82 Å². The van der Waals surface area contributed by atoms with Crippen LogP contribution in [0.3, 0.4) is 0 Å². The number of phosphoric acid groups is 1. The van der Waals surface area contributed by atoms with Gasteiger partial charge in [0.05, 0.1) is 0 Å². The first-order valence-corrected chi connectivity index (χ1v) is 9.14. The number of hydrogen-bond donors (Lipinski definition) is 2. The lowest BCUT2D eigenvalue weighted by molar-refractivity contribution is 0.173. The second kappa shape index (κ2) is 6.17. The summed E-state index contributed by atoms with van der Waals surface area (Å²) < 4.78 is 31.5. The molecule has 0 atom stereocenters. The van der Waals surface area contributed by atoms with Crippen LogP contribution in [0.4, 0.5) is 0 Å². The van der Waals surface area contributed by atoms with Crippen LogP contribution in [0.2, 0.25) is 0 Å². The molecule has 0 radical (unpaired) electrons. The van der Waals surface area contributed by atoms with Gasteiger partial charge in [0, 0.05) is 11.1 Å². The number of hydrogen-bond acceptors (Lipinski definition) is 6. The second-order valence-electron chi connectivity index (χ2n) is 5.71. The molecule has 0 saturated heterocycles. The number of aryl methyl sites for hydroxylation is 1. The van der Waals surface area contributed by atoms with Crippen LogP contribution in [0.5, 0.6) is 17.2 Å². The van der Waals surface area contributed by atoms with Gasteiger partial charge in [-0.1, -0.05) is 17.3 Å². The van der Waals surface area contributed by atoms with Crippen LogP contribution in [-0.4, -0.2) is 21.7 Å². The Labute approximate surface area is 148 Å². The van der Waals surface area contributed by atoms with Gasteiger partial charge in [-0.3, -0.25) is 9.79 Å². The molecule has 3 aromatic rings. The highest BCUT2D eigenvalue weighted by molar-refractivity contribution is 7.46. The van der Waals surface area contributed by atoms with E-state index in [1.807, 2.05) is 19.1 Å². The Morgan fingerprint density at radius 3 is 2.62 bits per heavy atom. The zero-order chi connectivity index (χ0) is 18.3. The van der Waals surface area contributed by atoms with E-state index in [1.165, 1.54) is 18.4 Å². The van der Waals surface area contributed by atoms with Gasteiger partial charge in [-0.05, 0) is 42.3 Å². The summed E-state index contributed by atoms with van der Waals surface area (Å²) in [6.45, 7) is 2.11. The number of benzene rings is 2. The molecule has 4 rings (SSSR count). The number of rotatable bonds is 4. The standard InChI is InChI=1S/C17H14NO7P/c1-10-6-12(7-15-17(10)23-9-22-15)16-14(8-24-18-16)11-2-4-13(5-3-11)25-26(19,20)21/h2-8H,9H2,1H3,(H2,19,20,21).